The van der Waals surface area contributed by atoms with Gasteiger partial charge < -0.3 is 14.4 Å². The predicted molar refractivity (Wildman–Crippen MR) is 105 cm³/mol. The highest BCUT2D eigenvalue weighted by Gasteiger charge is 2.32. The lowest BCUT2D eigenvalue weighted by molar-refractivity contribution is -0.117. The Balaban J connectivity index is 1.74. The van der Waals surface area contributed by atoms with Crippen molar-refractivity contribution in [3.05, 3.63) is 53.1 Å². The first-order valence-electron chi connectivity index (χ1n) is 8.99. The van der Waals surface area contributed by atoms with Crippen LogP contribution >= 0.6 is 11.6 Å². The molecular weight excluding hydrogens is 350 g/mol. The van der Waals surface area contributed by atoms with Gasteiger partial charge in [-0.3, -0.25) is 4.79 Å². The van der Waals surface area contributed by atoms with Crippen LogP contribution in [0.5, 0.6) is 11.5 Å². The van der Waals surface area contributed by atoms with E-state index in [2.05, 4.69) is 6.92 Å². The number of benzene rings is 2. The zero-order valence-electron chi connectivity index (χ0n) is 15.2. The van der Waals surface area contributed by atoms with Gasteiger partial charge in [0.2, 0.25) is 5.91 Å². The number of unbranched alkanes of at least 4 members (excludes halogenated alkanes) is 1. The van der Waals surface area contributed by atoms with E-state index in [1.165, 1.54) is 0 Å². The highest BCUT2D eigenvalue weighted by Crippen LogP contribution is 2.36. The largest absolute Gasteiger partial charge is 0.497 e. The van der Waals surface area contributed by atoms with E-state index >= 15 is 0 Å². The number of carbonyl (C=O) groups excluding carboxylic acids is 1. The standard InChI is InChI=1S/C21H24ClNO3/c1-3-4-11-26-20-12-15(5-10-19(20)22)16-13-21(24)23(14-16)17-6-8-18(25-2)9-7-17/h5-10,12,16H,3-4,11,13-14H2,1-2H3/t16-/m0/s1. The molecule has 2 aromatic rings. The first-order chi connectivity index (χ1) is 12.6. The molecule has 3 rings (SSSR count). The van der Waals surface area contributed by atoms with Gasteiger partial charge >= 0.3 is 0 Å². The third kappa shape index (κ3) is 4.13. The van der Waals surface area contributed by atoms with E-state index < -0.39 is 0 Å². The minimum atomic E-state index is 0.128. The molecule has 5 heteroatoms. The Bertz CT molecular complexity index is 760. The number of anilines is 1. The molecule has 0 radical (unpaired) electrons. The number of nitrogens with zero attached hydrogens (tertiary/aromatic N) is 1. The van der Waals surface area contributed by atoms with Crippen molar-refractivity contribution in [1.82, 2.24) is 0 Å². The van der Waals surface area contributed by atoms with Crippen molar-refractivity contribution in [3.63, 3.8) is 0 Å². The number of hydrogen-bond acceptors (Lipinski definition) is 3. The van der Waals surface area contributed by atoms with Crippen LogP contribution in [0, 0.1) is 0 Å². The minimum Gasteiger partial charge on any atom is -0.497 e. The minimum absolute atomic E-state index is 0.128. The fourth-order valence-corrected chi connectivity index (χ4v) is 3.33. The Hall–Kier alpha value is -2.20. The fourth-order valence-electron chi connectivity index (χ4n) is 3.15. The molecule has 0 bridgehead atoms. The lowest BCUT2D eigenvalue weighted by atomic mass is 9.98. The van der Waals surface area contributed by atoms with Gasteiger partial charge in [-0.05, 0) is 48.4 Å². The lowest BCUT2D eigenvalue weighted by Gasteiger charge is -2.18. The number of halogens is 1. The molecule has 1 saturated heterocycles. The predicted octanol–water partition coefficient (Wildman–Crippen LogP) is 5.05. The summed E-state index contributed by atoms with van der Waals surface area (Å²) in [5.41, 5.74) is 1.98. The third-order valence-electron chi connectivity index (χ3n) is 4.69. The highest BCUT2D eigenvalue weighted by molar-refractivity contribution is 6.32. The van der Waals surface area contributed by atoms with Crippen molar-refractivity contribution in [2.24, 2.45) is 0 Å². The van der Waals surface area contributed by atoms with Gasteiger partial charge in [-0.25, -0.2) is 0 Å². The summed E-state index contributed by atoms with van der Waals surface area (Å²) in [6.45, 7) is 3.43. The number of rotatable bonds is 7. The molecule has 0 N–H and O–H groups in total. The van der Waals surface area contributed by atoms with E-state index in [9.17, 15) is 4.79 Å². The molecule has 0 aromatic heterocycles. The zero-order chi connectivity index (χ0) is 18.5. The smallest absolute Gasteiger partial charge is 0.227 e. The van der Waals surface area contributed by atoms with Gasteiger partial charge in [0.05, 0.1) is 18.7 Å². The molecule has 1 heterocycles. The summed E-state index contributed by atoms with van der Waals surface area (Å²) in [7, 11) is 1.63. The van der Waals surface area contributed by atoms with Gasteiger partial charge in [-0.15, -0.1) is 0 Å². The maximum absolute atomic E-state index is 12.5. The van der Waals surface area contributed by atoms with E-state index in [4.69, 9.17) is 21.1 Å². The van der Waals surface area contributed by atoms with Crippen molar-refractivity contribution >= 4 is 23.2 Å². The number of amides is 1. The van der Waals surface area contributed by atoms with Crippen LogP contribution in [0.2, 0.25) is 5.02 Å². The normalized spacial score (nSPS) is 16.8. The molecule has 1 fully saturated rings. The summed E-state index contributed by atoms with van der Waals surface area (Å²) in [5.74, 6) is 1.75. The van der Waals surface area contributed by atoms with Gasteiger partial charge in [-0.2, -0.15) is 0 Å². The van der Waals surface area contributed by atoms with E-state index in [0.717, 1.165) is 29.8 Å². The maximum atomic E-state index is 12.5. The molecule has 0 unspecified atom stereocenters. The average Bonchev–Trinajstić information content (AvgIpc) is 3.05. The first kappa shape index (κ1) is 18.6. The van der Waals surface area contributed by atoms with Crippen molar-refractivity contribution in [1.29, 1.82) is 0 Å². The molecular formula is C21H24ClNO3. The Morgan fingerprint density at radius 1 is 1.19 bits per heavy atom. The van der Waals surface area contributed by atoms with Gasteiger partial charge in [0.1, 0.15) is 11.5 Å². The topological polar surface area (TPSA) is 38.8 Å². The van der Waals surface area contributed by atoms with Crippen LogP contribution < -0.4 is 14.4 Å². The van der Waals surface area contributed by atoms with Crippen LogP contribution in [-0.2, 0) is 4.79 Å². The second-order valence-corrected chi connectivity index (χ2v) is 6.90. The second kappa shape index (κ2) is 8.45. The van der Waals surface area contributed by atoms with E-state index in [0.29, 0.717) is 30.3 Å². The Morgan fingerprint density at radius 2 is 1.96 bits per heavy atom. The number of ether oxygens (including phenoxy) is 2. The molecule has 0 saturated carbocycles. The SMILES string of the molecule is CCCCOc1cc([C@H]2CC(=O)N(c3ccc(OC)cc3)C2)ccc1Cl. The molecule has 2 aromatic carbocycles. The lowest BCUT2D eigenvalue weighted by Crippen LogP contribution is -2.24. The van der Waals surface area contributed by atoms with Gasteiger partial charge in [0.15, 0.2) is 0 Å². The fraction of sp³-hybridized carbons (Fsp3) is 0.381. The quantitative estimate of drug-likeness (QED) is 0.637. The molecule has 4 nitrogen and oxygen atoms in total. The molecule has 1 aliphatic heterocycles. The van der Waals surface area contributed by atoms with Gasteiger partial charge in [0.25, 0.3) is 0 Å². The number of carbonyl (C=O) groups is 1. The summed E-state index contributed by atoms with van der Waals surface area (Å²) in [5, 5.41) is 0.612. The summed E-state index contributed by atoms with van der Waals surface area (Å²) in [6, 6.07) is 13.4. The Labute approximate surface area is 159 Å². The van der Waals surface area contributed by atoms with E-state index in [1.54, 1.807) is 7.11 Å². The molecule has 1 atom stereocenters. The van der Waals surface area contributed by atoms with Crippen LogP contribution in [0.25, 0.3) is 0 Å². The molecule has 0 aliphatic carbocycles. The van der Waals surface area contributed by atoms with Crippen molar-refractivity contribution < 1.29 is 14.3 Å². The monoisotopic (exact) mass is 373 g/mol. The molecule has 0 spiro atoms. The van der Waals surface area contributed by atoms with Gasteiger partial charge in [0, 0.05) is 24.6 Å². The van der Waals surface area contributed by atoms with Crippen molar-refractivity contribution in [2.45, 2.75) is 32.1 Å². The summed E-state index contributed by atoms with van der Waals surface area (Å²) in [6.07, 6.45) is 2.56. The molecule has 1 aliphatic rings. The Morgan fingerprint density at radius 3 is 2.65 bits per heavy atom. The molecule has 1 amide bonds. The van der Waals surface area contributed by atoms with Crippen LogP contribution in [0.15, 0.2) is 42.5 Å². The van der Waals surface area contributed by atoms with E-state index in [1.807, 2.05) is 47.4 Å². The third-order valence-corrected chi connectivity index (χ3v) is 5.00. The summed E-state index contributed by atoms with van der Waals surface area (Å²) < 4.78 is 11.0. The molecule has 26 heavy (non-hydrogen) atoms. The number of methoxy groups -OCH3 is 1. The average molecular weight is 374 g/mol. The van der Waals surface area contributed by atoms with Crippen molar-refractivity contribution in [2.75, 3.05) is 25.2 Å². The Kier molecular flexibility index (Phi) is 6.04. The van der Waals surface area contributed by atoms with Crippen LogP contribution in [0.3, 0.4) is 0 Å². The number of hydrogen-bond donors (Lipinski definition) is 0. The van der Waals surface area contributed by atoms with Crippen LogP contribution in [0.4, 0.5) is 5.69 Å². The van der Waals surface area contributed by atoms with E-state index in [-0.39, 0.29) is 11.8 Å². The zero-order valence-corrected chi connectivity index (χ0v) is 16.0. The highest BCUT2D eigenvalue weighted by atomic mass is 35.5. The summed E-state index contributed by atoms with van der Waals surface area (Å²) in [4.78, 5) is 14.3. The van der Waals surface area contributed by atoms with Crippen molar-refractivity contribution in [3.8, 4) is 11.5 Å². The molecule has 138 valence electrons. The van der Waals surface area contributed by atoms with Gasteiger partial charge in [-0.1, -0.05) is 31.0 Å². The summed E-state index contributed by atoms with van der Waals surface area (Å²) >= 11 is 6.25. The van der Waals surface area contributed by atoms with Crippen LogP contribution in [-0.4, -0.2) is 26.2 Å². The first-order valence-corrected chi connectivity index (χ1v) is 9.36. The second-order valence-electron chi connectivity index (χ2n) is 6.50. The maximum Gasteiger partial charge on any atom is 0.227 e. The van der Waals surface area contributed by atoms with Crippen LogP contribution in [0.1, 0.15) is 37.7 Å².